The third-order valence-corrected chi connectivity index (χ3v) is 5.14. The molecule has 142 valence electrons. The topological polar surface area (TPSA) is 94.3 Å². The Morgan fingerprint density at radius 1 is 1.15 bits per heavy atom. The molecule has 3 rings (SSSR count). The Morgan fingerprint density at radius 2 is 1.89 bits per heavy atom. The summed E-state index contributed by atoms with van der Waals surface area (Å²) >= 11 is 0. The first-order valence-corrected chi connectivity index (χ1v) is 9.78. The van der Waals surface area contributed by atoms with Crippen LogP contribution in [0.1, 0.15) is 12.8 Å². The van der Waals surface area contributed by atoms with Gasteiger partial charge in [-0.1, -0.05) is 17.3 Å². The van der Waals surface area contributed by atoms with Crippen molar-refractivity contribution in [2.45, 2.75) is 18.2 Å². The summed E-state index contributed by atoms with van der Waals surface area (Å²) in [6.45, 7) is 2.42. The Morgan fingerprint density at radius 3 is 2.59 bits per heavy atom. The van der Waals surface area contributed by atoms with Gasteiger partial charge in [-0.3, -0.25) is 0 Å². The summed E-state index contributed by atoms with van der Waals surface area (Å²) in [5, 5.41) is 3.73. The Bertz CT molecular complexity index is 1000. The highest BCUT2D eigenvalue weighted by atomic mass is 32.2. The van der Waals surface area contributed by atoms with Crippen LogP contribution in [0.2, 0.25) is 0 Å². The van der Waals surface area contributed by atoms with E-state index in [-0.39, 0.29) is 35.1 Å². The molecule has 1 N–H and O–H groups in total. The van der Waals surface area contributed by atoms with Crippen molar-refractivity contribution in [2.75, 3.05) is 13.2 Å². The van der Waals surface area contributed by atoms with Gasteiger partial charge in [0.05, 0.1) is 17.1 Å². The van der Waals surface area contributed by atoms with Crippen LogP contribution in [-0.2, 0) is 16.4 Å². The molecule has 0 aliphatic rings. The Kier molecular flexibility index (Phi) is 5.82. The zero-order chi connectivity index (χ0) is 19.3. The third-order valence-electron chi connectivity index (χ3n) is 3.66. The Balaban J connectivity index is 1.60. The largest absolute Gasteiger partial charge is 0.494 e. The molecule has 0 saturated heterocycles. The second kappa shape index (κ2) is 8.28. The van der Waals surface area contributed by atoms with E-state index in [0.29, 0.717) is 12.4 Å². The smallest absolute Gasteiger partial charge is 0.240 e. The molecule has 0 atom stereocenters. The number of rotatable bonds is 8. The van der Waals surface area contributed by atoms with Crippen molar-refractivity contribution in [2.24, 2.45) is 0 Å². The molecule has 0 saturated carbocycles. The number of hydrogen-bond donors (Lipinski definition) is 1. The van der Waals surface area contributed by atoms with E-state index in [1.807, 2.05) is 6.92 Å². The predicted molar refractivity (Wildman–Crippen MR) is 96.2 cm³/mol. The van der Waals surface area contributed by atoms with Crippen LogP contribution >= 0.6 is 0 Å². The SMILES string of the molecule is CCOc1ccc(S(=O)(=O)NCCc2nc(-c3ccccc3F)no2)cc1. The molecule has 0 bridgehead atoms. The monoisotopic (exact) mass is 391 g/mol. The summed E-state index contributed by atoms with van der Waals surface area (Å²) < 4.78 is 51.1. The van der Waals surface area contributed by atoms with Gasteiger partial charge in [-0.05, 0) is 43.3 Å². The predicted octanol–water partition coefficient (Wildman–Crippen LogP) is 2.80. The molecule has 2 aromatic carbocycles. The number of ether oxygens (including phenoxy) is 1. The van der Waals surface area contributed by atoms with Crippen molar-refractivity contribution in [1.82, 2.24) is 14.9 Å². The minimum Gasteiger partial charge on any atom is -0.494 e. The van der Waals surface area contributed by atoms with Crippen molar-refractivity contribution >= 4 is 10.0 Å². The first-order valence-electron chi connectivity index (χ1n) is 8.29. The molecule has 0 radical (unpaired) electrons. The molecule has 7 nitrogen and oxygen atoms in total. The highest BCUT2D eigenvalue weighted by Gasteiger charge is 2.16. The van der Waals surface area contributed by atoms with Crippen LogP contribution in [0.5, 0.6) is 5.75 Å². The maximum absolute atomic E-state index is 13.7. The first-order chi connectivity index (χ1) is 13.0. The minimum absolute atomic E-state index is 0.0639. The lowest BCUT2D eigenvalue weighted by molar-refractivity contribution is 0.340. The molecular formula is C18H18FN3O4S. The normalized spacial score (nSPS) is 11.5. The van der Waals surface area contributed by atoms with Gasteiger partial charge in [0.2, 0.25) is 21.7 Å². The Labute approximate surface area is 156 Å². The minimum atomic E-state index is -3.67. The molecular weight excluding hydrogens is 373 g/mol. The fourth-order valence-corrected chi connectivity index (χ4v) is 3.40. The summed E-state index contributed by atoms with van der Waals surface area (Å²) in [6.07, 6.45) is 0.178. The quantitative estimate of drug-likeness (QED) is 0.635. The lowest BCUT2D eigenvalue weighted by Crippen LogP contribution is -2.26. The third kappa shape index (κ3) is 4.69. The van der Waals surface area contributed by atoms with Crippen LogP contribution in [-0.4, -0.2) is 31.7 Å². The fourth-order valence-electron chi connectivity index (χ4n) is 2.37. The van der Waals surface area contributed by atoms with Crippen molar-refractivity contribution in [1.29, 1.82) is 0 Å². The van der Waals surface area contributed by atoms with Gasteiger partial charge in [-0.25, -0.2) is 17.5 Å². The van der Waals surface area contributed by atoms with Crippen molar-refractivity contribution in [3.63, 3.8) is 0 Å². The average molecular weight is 391 g/mol. The average Bonchev–Trinajstić information content (AvgIpc) is 3.11. The molecule has 0 amide bonds. The summed E-state index contributed by atoms with van der Waals surface area (Å²) in [6, 6.07) is 12.2. The van der Waals surface area contributed by atoms with E-state index < -0.39 is 15.8 Å². The van der Waals surface area contributed by atoms with Gasteiger partial charge in [-0.2, -0.15) is 4.98 Å². The molecule has 3 aromatic rings. The number of sulfonamides is 1. The Hall–Kier alpha value is -2.78. The number of nitrogens with zero attached hydrogens (tertiary/aromatic N) is 2. The summed E-state index contributed by atoms with van der Waals surface area (Å²) in [4.78, 5) is 4.22. The lowest BCUT2D eigenvalue weighted by atomic mass is 10.2. The maximum atomic E-state index is 13.7. The highest BCUT2D eigenvalue weighted by molar-refractivity contribution is 7.89. The van der Waals surface area contributed by atoms with E-state index in [0.717, 1.165) is 0 Å². The molecule has 1 aromatic heterocycles. The van der Waals surface area contributed by atoms with E-state index in [9.17, 15) is 12.8 Å². The van der Waals surface area contributed by atoms with Gasteiger partial charge in [0.25, 0.3) is 0 Å². The number of halogens is 1. The first kappa shape index (κ1) is 19.0. The lowest BCUT2D eigenvalue weighted by Gasteiger charge is -2.07. The van der Waals surface area contributed by atoms with Crippen LogP contribution in [0.4, 0.5) is 4.39 Å². The van der Waals surface area contributed by atoms with E-state index in [1.54, 1.807) is 30.3 Å². The van der Waals surface area contributed by atoms with Crippen LogP contribution in [0, 0.1) is 5.82 Å². The van der Waals surface area contributed by atoms with E-state index in [4.69, 9.17) is 9.26 Å². The molecule has 0 unspecified atom stereocenters. The van der Waals surface area contributed by atoms with Crippen molar-refractivity contribution < 1.29 is 22.1 Å². The number of nitrogens with one attached hydrogen (secondary N) is 1. The second-order valence-electron chi connectivity index (χ2n) is 5.54. The molecule has 9 heteroatoms. The summed E-state index contributed by atoms with van der Waals surface area (Å²) in [5.74, 6) is 0.476. The van der Waals surface area contributed by atoms with Crippen LogP contribution in [0.15, 0.2) is 57.9 Å². The van der Waals surface area contributed by atoms with E-state index in [2.05, 4.69) is 14.9 Å². The highest BCUT2D eigenvalue weighted by Crippen LogP contribution is 2.19. The van der Waals surface area contributed by atoms with Crippen molar-refractivity contribution in [3.8, 4) is 17.1 Å². The number of benzene rings is 2. The standard InChI is InChI=1S/C18H18FN3O4S/c1-2-25-13-7-9-14(10-8-13)27(23,24)20-12-11-17-21-18(22-26-17)15-5-3-4-6-16(15)19/h3-10,20H,2,11-12H2,1H3. The zero-order valence-electron chi connectivity index (χ0n) is 14.6. The molecule has 0 aliphatic carbocycles. The molecule has 1 heterocycles. The van der Waals surface area contributed by atoms with Gasteiger partial charge in [-0.15, -0.1) is 0 Å². The van der Waals surface area contributed by atoms with Crippen LogP contribution in [0.25, 0.3) is 11.4 Å². The van der Waals surface area contributed by atoms with Crippen LogP contribution < -0.4 is 9.46 Å². The molecule has 0 spiro atoms. The van der Waals surface area contributed by atoms with Gasteiger partial charge in [0.1, 0.15) is 11.6 Å². The zero-order valence-corrected chi connectivity index (χ0v) is 15.4. The van der Waals surface area contributed by atoms with Gasteiger partial charge < -0.3 is 9.26 Å². The van der Waals surface area contributed by atoms with E-state index in [1.165, 1.54) is 18.2 Å². The van der Waals surface area contributed by atoms with Gasteiger partial charge in [0, 0.05) is 13.0 Å². The molecule has 0 aliphatic heterocycles. The second-order valence-corrected chi connectivity index (χ2v) is 7.31. The van der Waals surface area contributed by atoms with E-state index >= 15 is 0 Å². The molecule has 27 heavy (non-hydrogen) atoms. The maximum Gasteiger partial charge on any atom is 0.240 e. The van der Waals surface area contributed by atoms with Gasteiger partial charge in [0.15, 0.2) is 0 Å². The summed E-state index contributed by atoms with van der Waals surface area (Å²) in [7, 11) is -3.67. The number of aromatic nitrogens is 2. The summed E-state index contributed by atoms with van der Waals surface area (Å²) in [5.41, 5.74) is 0.225. The fraction of sp³-hybridized carbons (Fsp3) is 0.222. The van der Waals surface area contributed by atoms with Crippen LogP contribution in [0.3, 0.4) is 0 Å². The number of hydrogen-bond acceptors (Lipinski definition) is 6. The van der Waals surface area contributed by atoms with Gasteiger partial charge >= 0.3 is 0 Å². The van der Waals surface area contributed by atoms with Crippen molar-refractivity contribution in [3.05, 3.63) is 60.2 Å². The molecule has 0 fully saturated rings.